The van der Waals surface area contributed by atoms with E-state index in [-0.39, 0.29) is 11.4 Å². The summed E-state index contributed by atoms with van der Waals surface area (Å²) in [5, 5.41) is 8.23. The number of rotatable bonds is 4. The van der Waals surface area contributed by atoms with E-state index >= 15 is 0 Å². The van der Waals surface area contributed by atoms with Gasteiger partial charge in [0.25, 0.3) is 0 Å². The lowest BCUT2D eigenvalue weighted by atomic mass is 10.3. The van der Waals surface area contributed by atoms with Gasteiger partial charge in [-0.15, -0.1) is 0 Å². The largest absolute Gasteiger partial charge is 0.271 e. The fourth-order valence-electron chi connectivity index (χ4n) is 2.42. The van der Waals surface area contributed by atoms with Crippen LogP contribution in [-0.4, -0.2) is 32.8 Å². The quantitative estimate of drug-likeness (QED) is 0.758. The number of pyridine rings is 1. The monoisotopic (exact) mass is 320 g/mol. The highest BCUT2D eigenvalue weighted by Crippen LogP contribution is 2.18. The minimum Gasteiger partial charge on any atom is -0.271 e. The van der Waals surface area contributed by atoms with Crippen molar-refractivity contribution < 1.29 is 8.42 Å². The molecule has 116 valence electrons. The fourth-order valence-corrected chi connectivity index (χ4v) is 3.85. The van der Waals surface area contributed by atoms with Gasteiger partial charge in [0.1, 0.15) is 11.2 Å². The van der Waals surface area contributed by atoms with Crippen LogP contribution in [0.3, 0.4) is 0 Å². The van der Waals surface area contributed by atoms with Gasteiger partial charge in [0.15, 0.2) is 5.65 Å². The summed E-state index contributed by atoms with van der Waals surface area (Å²) >= 11 is 0. The van der Waals surface area contributed by atoms with Crippen molar-refractivity contribution in [1.82, 2.24) is 29.1 Å². The summed E-state index contributed by atoms with van der Waals surface area (Å²) in [6.45, 7) is 3.53. The molecule has 22 heavy (non-hydrogen) atoms. The van der Waals surface area contributed by atoms with Crippen LogP contribution < -0.4 is 4.72 Å². The second-order valence-electron chi connectivity index (χ2n) is 5.00. The summed E-state index contributed by atoms with van der Waals surface area (Å²) in [5.74, 6) is 0. The van der Waals surface area contributed by atoms with Crippen LogP contribution in [0.15, 0.2) is 29.4 Å². The molecule has 0 spiro atoms. The van der Waals surface area contributed by atoms with E-state index in [2.05, 4.69) is 19.9 Å². The highest BCUT2D eigenvalue weighted by Gasteiger charge is 2.23. The van der Waals surface area contributed by atoms with E-state index in [1.54, 1.807) is 42.2 Å². The molecule has 0 aliphatic heterocycles. The molecule has 3 rings (SSSR count). The standard InChI is InChI=1S/C13H16N6O2S/c1-9-13(10(2)18(3)17-9)22(20,21)16-7-11-5-4-6-12-14-8-15-19(11)12/h4-6,8,16H,7H2,1-3H3. The molecule has 3 aromatic heterocycles. The average molecular weight is 320 g/mol. The van der Waals surface area contributed by atoms with Crippen LogP contribution in [0.25, 0.3) is 5.65 Å². The summed E-state index contributed by atoms with van der Waals surface area (Å²) in [7, 11) is -1.93. The van der Waals surface area contributed by atoms with Crippen molar-refractivity contribution in [2.75, 3.05) is 0 Å². The molecule has 0 aromatic carbocycles. The first-order valence-corrected chi connectivity index (χ1v) is 8.16. The van der Waals surface area contributed by atoms with Gasteiger partial charge in [-0.1, -0.05) is 6.07 Å². The first kappa shape index (κ1) is 14.7. The van der Waals surface area contributed by atoms with Gasteiger partial charge in [-0.25, -0.2) is 22.6 Å². The van der Waals surface area contributed by atoms with Crippen molar-refractivity contribution in [3.63, 3.8) is 0 Å². The number of aryl methyl sites for hydroxylation is 2. The number of fused-ring (bicyclic) bond motifs is 1. The Balaban J connectivity index is 1.91. The minimum atomic E-state index is -3.65. The molecule has 3 heterocycles. The van der Waals surface area contributed by atoms with Crippen molar-refractivity contribution in [3.8, 4) is 0 Å². The molecule has 0 bridgehead atoms. The van der Waals surface area contributed by atoms with E-state index in [4.69, 9.17) is 0 Å². The zero-order valence-corrected chi connectivity index (χ0v) is 13.3. The summed E-state index contributed by atoms with van der Waals surface area (Å²) in [6.07, 6.45) is 1.43. The lowest BCUT2D eigenvalue weighted by molar-refractivity contribution is 0.577. The number of aromatic nitrogens is 5. The lowest BCUT2D eigenvalue weighted by Crippen LogP contribution is -2.25. The van der Waals surface area contributed by atoms with Gasteiger partial charge < -0.3 is 0 Å². The van der Waals surface area contributed by atoms with Crippen molar-refractivity contribution in [2.45, 2.75) is 25.3 Å². The highest BCUT2D eigenvalue weighted by molar-refractivity contribution is 7.89. The Morgan fingerprint density at radius 3 is 2.73 bits per heavy atom. The van der Waals surface area contributed by atoms with E-state index in [1.807, 2.05) is 6.07 Å². The molecule has 0 fully saturated rings. The Bertz CT molecular complexity index is 941. The van der Waals surface area contributed by atoms with Gasteiger partial charge in [0, 0.05) is 7.05 Å². The van der Waals surface area contributed by atoms with Crippen LogP contribution in [0.2, 0.25) is 0 Å². The number of hydrogen-bond acceptors (Lipinski definition) is 5. The molecule has 1 N–H and O–H groups in total. The average Bonchev–Trinajstić information content (AvgIpc) is 3.02. The summed E-state index contributed by atoms with van der Waals surface area (Å²) in [4.78, 5) is 4.30. The Morgan fingerprint density at radius 1 is 1.27 bits per heavy atom. The van der Waals surface area contributed by atoms with E-state index in [0.717, 1.165) is 0 Å². The molecule has 0 saturated carbocycles. The lowest BCUT2D eigenvalue weighted by Gasteiger charge is -2.08. The van der Waals surface area contributed by atoms with Crippen molar-refractivity contribution >= 4 is 15.7 Å². The molecule has 0 aliphatic carbocycles. The second-order valence-corrected chi connectivity index (χ2v) is 6.70. The maximum absolute atomic E-state index is 12.5. The third-order valence-corrected chi connectivity index (χ3v) is 5.19. The molecule has 0 amide bonds. The van der Waals surface area contributed by atoms with Gasteiger partial charge in [0.2, 0.25) is 10.0 Å². The summed E-state index contributed by atoms with van der Waals surface area (Å²) < 4.78 is 30.8. The maximum Gasteiger partial charge on any atom is 0.244 e. The van der Waals surface area contributed by atoms with Gasteiger partial charge in [-0.3, -0.25) is 4.68 Å². The molecule has 0 unspecified atom stereocenters. The predicted octanol–water partition coefficient (Wildman–Crippen LogP) is 0.558. The third-order valence-electron chi connectivity index (χ3n) is 3.53. The minimum absolute atomic E-state index is 0.122. The molecule has 9 heteroatoms. The molecule has 0 aliphatic rings. The van der Waals surface area contributed by atoms with E-state index in [1.165, 1.54) is 6.33 Å². The number of nitrogens with one attached hydrogen (secondary N) is 1. The van der Waals surface area contributed by atoms with Crippen LogP contribution in [0, 0.1) is 13.8 Å². The number of hydrogen-bond donors (Lipinski definition) is 1. The first-order valence-electron chi connectivity index (χ1n) is 6.67. The second kappa shape index (κ2) is 5.18. The highest BCUT2D eigenvalue weighted by atomic mass is 32.2. The van der Waals surface area contributed by atoms with Crippen molar-refractivity contribution in [1.29, 1.82) is 0 Å². The number of sulfonamides is 1. The van der Waals surface area contributed by atoms with Crippen LogP contribution in [0.4, 0.5) is 0 Å². The van der Waals surface area contributed by atoms with Crippen LogP contribution in [0.1, 0.15) is 17.1 Å². The van der Waals surface area contributed by atoms with Crippen LogP contribution >= 0.6 is 0 Å². The van der Waals surface area contributed by atoms with Gasteiger partial charge in [-0.2, -0.15) is 10.2 Å². The molecule has 0 saturated heterocycles. The van der Waals surface area contributed by atoms with Crippen LogP contribution in [0.5, 0.6) is 0 Å². The molecule has 0 radical (unpaired) electrons. The zero-order valence-electron chi connectivity index (χ0n) is 12.5. The topological polar surface area (TPSA) is 94.2 Å². The van der Waals surface area contributed by atoms with Crippen LogP contribution in [-0.2, 0) is 23.6 Å². The summed E-state index contributed by atoms with van der Waals surface area (Å²) in [5.41, 5.74) is 2.46. The fraction of sp³-hybridized carbons (Fsp3) is 0.308. The first-order chi connectivity index (χ1) is 10.4. The third kappa shape index (κ3) is 2.38. The van der Waals surface area contributed by atoms with Gasteiger partial charge >= 0.3 is 0 Å². The van der Waals surface area contributed by atoms with E-state index in [0.29, 0.717) is 22.7 Å². The Hall–Kier alpha value is -2.26. The molecule has 8 nitrogen and oxygen atoms in total. The molecular weight excluding hydrogens is 304 g/mol. The smallest absolute Gasteiger partial charge is 0.244 e. The van der Waals surface area contributed by atoms with E-state index < -0.39 is 10.0 Å². The molecule has 3 aromatic rings. The maximum atomic E-state index is 12.5. The van der Waals surface area contributed by atoms with Crippen molar-refractivity contribution in [2.24, 2.45) is 7.05 Å². The Labute approximate surface area is 127 Å². The predicted molar refractivity (Wildman–Crippen MR) is 79.7 cm³/mol. The SMILES string of the molecule is Cc1nn(C)c(C)c1S(=O)(=O)NCc1cccc2ncnn12. The van der Waals surface area contributed by atoms with Gasteiger partial charge in [0.05, 0.1) is 23.6 Å². The number of nitrogens with zero attached hydrogens (tertiary/aromatic N) is 5. The van der Waals surface area contributed by atoms with Gasteiger partial charge in [-0.05, 0) is 26.0 Å². The Kier molecular flexibility index (Phi) is 3.45. The zero-order chi connectivity index (χ0) is 15.9. The molecule has 0 atom stereocenters. The Morgan fingerprint density at radius 2 is 2.05 bits per heavy atom. The van der Waals surface area contributed by atoms with Crippen molar-refractivity contribution in [3.05, 3.63) is 41.6 Å². The van der Waals surface area contributed by atoms with E-state index in [9.17, 15) is 8.42 Å². The normalized spacial score (nSPS) is 12.1. The molecular formula is C13H16N6O2S. The summed E-state index contributed by atoms with van der Waals surface area (Å²) in [6, 6.07) is 5.42.